The molecule has 1 rings (SSSR count). The molecular formula is C21H38NO2SSn. The molecular weight excluding hydrogens is 449 g/mol. The fourth-order valence-electron chi connectivity index (χ4n) is 2.54. The summed E-state index contributed by atoms with van der Waals surface area (Å²) < 4.78 is 5.04. The second kappa shape index (κ2) is 18.0. The molecule has 1 heterocycles. The van der Waals surface area contributed by atoms with Crippen molar-refractivity contribution in [3.8, 4) is 0 Å². The minimum absolute atomic E-state index is 0.0999. The molecule has 0 bridgehead atoms. The van der Waals surface area contributed by atoms with Gasteiger partial charge in [-0.15, -0.1) is 11.3 Å². The van der Waals surface area contributed by atoms with Gasteiger partial charge in [-0.05, 0) is 18.4 Å². The molecule has 26 heavy (non-hydrogen) atoms. The first-order valence-electron chi connectivity index (χ1n) is 10.1. The van der Waals surface area contributed by atoms with Gasteiger partial charge in [0.25, 0.3) is 0 Å². The molecule has 0 unspecified atom stereocenters. The molecule has 3 nitrogen and oxygen atoms in total. The van der Waals surface area contributed by atoms with Crippen LogP contribution in [0.15, 0.2) is 22.5 Å². The standard InChI is InChI=1S/C9H11NO2S.3C4H9.Sn/c1-7(8-3-2-6-13-8)10-5-4-9(11)12;3*1-3-4-2;/h2-3,6H,4-5H2,1H3,(H,11,12);3*1,3-4H2,2H3;. The molecule has 0 amide bonds. The number of hydrogen-bond acceptors (Lipinski definition) is 3. The van der Waals surface area contributed by atoms with E-state index in [9.17, 15) is 4.79 Å². The SMILES string of the molecule is CC(=NCCC(=O)O)c1cccs1.CCC[CH2][Sn]([CH2]CCC)[CH2]CCC. The molecule has 0 aliphatic rings. The molecule has 1 radical (unpaired) electrons. The summed E-state index contributed by atoms with van der Waals surface area (Å²) in [5.41, 5.74) is 0.913. The molecule has 0 aliphatic carbocycles. The van der Waals surface area contributed by atoms with Crippen molar-refractivity contribution in [1.82, 2.24) is 0 Å². The van der Waals surface area contributed by atoms with Gasteiger partial charge in [0.05, 0.1) is 6.42 Å². The Balaban J connectivity index is 0.000000481. The van der Waals surface area contributed by atoms with Gasteiger partial charge in [-0.3, -0.25) is 9.79 Å². The van der Waals surface area contributed by atoms with Crippen LogP contribution < -0.4 is 0 Å². The normalized spacial score (nSPS) is 11.3. The van der Waals surface area contributed by atoms with Crippen LogP contribution in [-0.2, 0) is 4.79 Å². The van der Waals surface area contributed by atoms with Crippen LogP contribution in [0.4, 0.5) is 0 Å². The van der Waals surface area contributed by atoms with Gasteiger partial charge in [-0.25, -0.2) is 0 Å². The fourth-order valence-corrected chi connectivity index (χ4v) is 12.7. The number of nitrogens with zero attached hydrogens (tertiary/aromatic N) is 1. The molecule has 1 aromatic rings. The molecule has 0 aliphatic heterocycles. The van der Waals surface area contributed by atoms with Crippen LogP contribution in [0, 0.1) is 0 Å². The maximum atomic E-state index is 10.2. The van der Waals surface area contributed by atoms with Crippen LogP contribution >= 0.6 is 11.3 Å². The molecule has 1 aromatic heterocycles. The predicted octanol–water partition coefficient (Wildman–Crippen LogP) is 6.91. The minimum atomic E-state index is -0.839. The monoisotopic (exact) mass is 488 g/mol. The van der Waals surface area contributed by atoms with Gasteiger partial charge in [0.15, 0.2) is 0 Å². The molecule has 5 heteroatoms. The van der Waals surface area contributed by atoms with E-state index < -0.39 is 25.7 Å². The summed E-state index contributed by atoms with van der Waals surface area (Å²) in [4.78, 5) is 15.5. The van der Waals surface area contributed by atoms with E-state index >= 15 is 0 Å². The Hall–Kier alpha value is -0.361. The van der Waals surface area contributed by atoms with Crippen LogP contribution in [0.25, 0.3) is 0 Å². The number of aliphatic carboxylic acids is 1. The van der Waals surface area contributed by atoms with Gasteiger partial charge < -0.3 is 5.11 Å². The quantitative estimate of drug-likeness (QED) is 0.243. The Labute approximate surface area is 172 Å². The summed E-state index contributed by atoms with van der Waals surface area (Å²) in [7, 11) is 0. The number of hydrogen-bond donors (Lipinski definition) is 1. The van der Waals surface area contributed by atoms with Crippen molar-refractivity contribution in [2.45, 2.75) is 86.0 Å². The Morgan fingerprint density at radius 1 is 1.08 bits per heavy atom. The van der Waals surface area contributed by atoms with Gasteiger partial charge >= 0.3 is 98.3 Å². The van der Waals surface area contributed by atoms with Crippen molar-refractivity contribution in [1.29, 1.82) is 0 Å². The second-order valence-electron chi connectivity index (χ2n) is 6.65. The van der Waals surface area contributed by atoms with Crippen molar-refractivity contribution in [2.75, 3.05) is 6.54 Å². The molecule has 0 aromatic carbocycles. The summed E-state index contributed by atoms with van der Waals surface area (Å²) in [6, 6.07) is 3.93. The van der Waals surface area contributed by atoms with Gasteiger partial charge in [-0.1, -0.05) is 6.07 Å². The van der Waals surface area contributed by atoms with Crippen molar-refractivity contribution < 1.29 is 9.90 Å². The predicted molar refractivity (Wildman–Crippen MR) is 119 cm³/mol. The number of carboxylic acids is 1. The molecule has 1 N–H and O–H groups in total. The average Bonchev–Trinajstić information content (AvgIpc) is 3.16. The van der Waals surface area contributed by atoms with E-state index in [-0.39, 0.29) is 6.42 Å². The molecule has 149 valence electrons. The molecule has 0 atom stereocenters. The zero-order valence-electron chi connectivity index (χ0n) is 17.2. The fraction of sp³-hybridized carbons (Fsp3) is 0.714. The van der Waals surface area contributed by atoms with Crippen LogP contribution in [-0.4, -0.2) is 43.1 Å². The van der Waals surface area contributed by atoms with E-state index in [1.165, 1.54) is 38.5 Å². The zero-order chi connectivity index (χ0) is 19.6. The number of aliphatic imine (C=N–C) groups is 1. The van der Waals surface area contributed by atoms with E-state index in [1.54, 1.807) is 24.6 Å². The Morgan fingerprint density at radius 2 is 1.62 bits per heavy atom. The topological polar surface area (TPSA) is 49.7 Å². The molecule has 0 saturated heterocycles. The number of rotatable bonds is 13. The van der Waals surface area contributed by atoms with Gasteiger partial charge in [0.1, 0.15) is 0 Å². The van der Waals surface area contributed by atoms with Crippen LogP contribution in [0.5, 0.6) is 0 Å². The third-order valence-corrected chi connectivity index (χ3v) is 14.3. The van der Waals surface area contributed by atoms with E-state index in [1.807, 2.05) is 24.4 Å². The van der Waals surface area contributed by atoms with E-state index in [4.69, 9.17) is 5.11 Å². The number of thiophene rings is 1. The summed E-state index contributed by atoms with van der Waals surface area (Å²) in [6.45, 7) is 9.26. The summed E-state index contributed by atoms with van der Waals surface area (Å²) in [5.74, 6) is -0.803. The molecule has 0 spiro atoms. The summed E-state index contributed by atoms with van der Waals surface area (Å²) in [6.07, 6.45) is 8.95. The van der Waals surface area contributed by atoms with Gasteiger partial charge in [0, 0.05) is 17.1 Å². The van der Waals surface area contributed by atoms with E-state index in [2.05, 4.69) is 25.8 Å². The zero-order valence-corrected chi connectivity index (χ0v) is 20.9. The molecule has 0 fully saturated rings. The Bertz CT molecular complexity index is 455. The molecule has 0 saturated carbocycles. The van der Waals surface area contributed by atoms with Crippen molar-refractivity contribution in [3.63, 3.8) is 0 Å². The average molecular weight is 487 g/mol. The van der Waals surface area contributed by atoms with Gasteiger partial charge in [-0.2, -0.15) is 0 Å². The number of carbonyl (C=O) groups is 1. The second-order valence-corrected chi connectivity index (χ2v) is 16.2. The van der Waals surface area contributed by atoms with E-state index in [0.717, 1.165) is 10.6 Å². The van der Waals surface area contributed by atoms with Crippen molar-refractivity contribution in [2.24, 2.45) is 4.99 Å². The maximum absolute atomic E-state index is 10.2. The van der Waals surface area contributed by atoms with Gasteiger partial charge in [0.2, 0.25) is 0 Å². The first-order chi connectivity index (χ1) is 12.5. The summed E-state index contributed by atoms with van der Waals surface area (Å²) in [5, 5.41) is 10.4. The van der Waals surface area contributed by atoms with Crippen molar-refractivity contribution in [3.05, 3.63) is 22.4 Å². The Morgan fingerprint density at radius 3 is 2.00 bits per heavy atom. The van der Waals surface area contributed by atoms with Crippen LogP contribution in [0.2, 0.25) is 13.3 Å². The summed E-state index contributed by atoms with van der Waals surface area (Å²) >= 11 is 0.772. The first kappa shape index (κ1) is 25.6. The Kier molecular flexibility index (Phi) is 17.8. The van der Waals surface area contributed by atoms with Crippen LogP contribution in [0.3, 0.4) is 0 Å². The number of unbranched alkanes of at least 4 members (excludes halogenated alkanes) is 3. The van der Waals surface area contributed by atoms with Crippen molar-refractivity contribution >= 4 is 42.8 Å². The number of carboxylic acid groups (broad SMARTS) is 1. The first-order valence-corrected chi connectivity index (χ1v) is 17.1. The third-order valence-electron chi connectivity index (χ3n) is 4.20. The van der Waals surface area contributed by atoms with Crippen LogP contribution in [0.1, 0.15) is 77.5 Å². The van der Waals surface area contributed by atoms with E-state index in [0.29, 0.717) is 6.54 Å². The third kappa shape index (κ3) is 14.8.